The topological polar surface area (TPSA) is 83.8 Å². The first-order valence-electron chi connectivity index (χ1n) is 9.73. The number of ether oxygens (including phenoxy) is 1. The number of carboxylic acids is 1. The maximum Gasteiger partial charge on any atom is 0.341 e. The first-order chi connectivity index (χ1) is 13.4. The van der Waals surface area contributed by atoms with Crippen molar-refractivity contribution in [3.8, 4) is 5.75 Å². The van der Waals surface area contributed by atoms with Gasteiger partial charge in [-0.05, 0) is 31.9 Å². The Morgan fingerprint density at radius 1 is 1.29 bits per heavy atom. The number of fused-ring (bicyclic) bond motifs is 2. The minimum absolute atomic E-state index is 0.195. The lowest BCUT2D eigenvalue weighted by Crippen LogP contribution is -2.59. The fourth-order valence-corrected chi connectivity index (χ4v) is 4.90. The van der Waals surface area contributed by atoms with Crippen LogP contribution in [0.1, 0.15) is 42.6 Å². The van der Waals surface area contributed by atoms with Gasteiger partial charge in [-0.25, -0.2) is 9.18 Å². The molecule has 8 heteroatoms. The van der Waals surface area contributed by atoms with Gasteiger partial charge in [0.05, 0.1) is 11.6 Å². The molecule has 7 nitrogen and oxygen atoms in total. The van der Waals surface area contributed by atoms with Crippen molar-refractivity contribution >= 4 is 22.6 Å². The summed E-state index contributed by atoms with van der Waals surface area (Å²) in [5, 5.41) is 13.3. The third-order valence-electron chi connectivity index (χ3n) is 6.12. The van der Waals surface area contributed by atoms with Crippen LogP contribution in [0.2, 0.25) is 0 Å². The summed E-state index contributed by atoms with van der Waals surface area (Å²) in [7, 11) is 0. The molecule has 2 fully saturated rings. The van der Waals surface area contributed by atoms with Crippen molar-refractivity contribution in [2.24, 2.45) is 0 Å². The van der Waals surface area contributed by atoms with Gasteiger partial charge in [0, 0.05) is 30.6 Å². The Bertz CT molecular complexity index is 1040. The number of pyridine rings is 1. The van der Waals surface area contributed by atoms with Gasteiger partial charge in [-0.2, -0.15) is 0 Å². The molecular weight excluding hydrogens is 365 g/mol. The van der Waals surface area contributed by atoms with Gasteiger partial charge in [-0.15, -0.1) is 0 Å². The van der Waals surface area contributed by atoms with Gasteiger partial charge in [-0.3, -0.25) is 9.36 Å². The zero-order chi connectivity index (χ0) is 19.6. The molecule has 2 N–H and O–H groups in total. The number of nitrogens with one attached hydrogen (secondary N) is 1. The second-order valence-corrected chi connectivity index (χ2v) is 8.07. The number of halogens is 1. The number of hydrogen-bond acceptors (Lipinski definition) is 5. The number of hydrogen-bond donors (Lipinski definition) is 2. The summed E-state index contributed by atoms with van der Waals surface area (Å²) in [5.41, 5.74) is -0.0642. The predicted molar refractivity (Wildman–Crippen MR) is 102 cm³/mol. The van der Waals surface area contributed by atoms with Gasteiger partial charge in [0.1, 0.15) is 17.9 Å². The van der Waals surface area contributed by atoms with Crippen LogP contribution in [-0.4, -0.2) is 47.4 Å². The number of piperazine rings is 1. The molecule has 148 valence electrons. The molecule has 4 heterocycles. The Hall–Kier alpha value is -2.61. The highest BCUT2D eigenvalue weighted by Crippen LogP contribution is 2.43. The summed E-state index contributed by atoms with van der Waals surface area (Å²) in [6.07, 6.45) is 3.29. The number of carbonyl (C=O) groups is 1. The van der Waals surface area contributed by atoms with Crippen molar-refractivity contribution in [3.05, 3.63) is 33.9 Å². The lowest BCUT2D eigenvalue weighted by atomic mass is 9.93. The molecule has 2 saturated heterocycles. The molecule has 2 aromatic rings. The number of benzene rings is 1. The fraction of sp³-hybridized carbons (Fsp3) is 0.500. The first kappa shape index (κ1) is 17.5. The molecule has 3 atom stereocenters. The average Bonchev–Trinajstić information content (AvgIpc) is 2.64. The highest BCUT2D eigenvalue weighted by Gasteiger charge is 2.35. The predicted octanol–water partition coefficient (Wildman–Crippen LogP) is 2.12. The molecule has 3 aliphatic heterocycles. The molecule has 0 aliphatic carbocycles. The van der Waals surface area contributed by atoms with Crippen LogP contribution in [-0.2, 0) is 0 Å². The minimum Gasteiger partial charge on any atom is -0.487 e. The molecule has 3 aliphatic rings. The number of aromatic carboxylic acids is 1. The summed E-state index contributed by atoms with van der Waals surface area (Å²) < 4.78 is 22.6. The van der Waals surface area contributed by atoms with E-state index in [4.69, 9.17) is 4.74 Å². The standard InChI is InChI=1S/C20H22FN3O4/c1-10-9-28-18-16-11(5-14(20(26)27)19(25)24(10)16)6-15(21)17(18)23-7-12-3-2-4-13(8-23)22-12/h5-6,10,12-13,22H,2-4,7-9H2,1H3,(H,26,27)/t10-,12?,13?/m0/s1. The van der Waals surface area contributed by atoms with Gasteiger partial charge >= 0.3 is 5.97 Å². The van der Waals surface area contributed by atoms with Gasteiger partial charge in [0.25, 0.3) is 5.56 Å². The van der Waals surface area contributed by atoms with E-state index in [2.05, 4.69) is 5.32 Å². The Kier molecular flexibility index (Phi) is 3.87. The molecular formula is C20H22FN3O4. The quantitative estimate of drug-likeness (QED) is 0.821. The zero-order valence-corrected chi connectivity index (χ0v) is 15.6. The zero-order valence-electron chi connectivity index (χ0n) is 15.6. The van der Waals surface area contributed by atoms with Gasteiger partial charge in [0.2, 0.25) is 0 Å². The fourth-order valence-electron chi connectivity index (χ4n) is 4.90. The first-order valence-corrected chi connectivity index (χ1v) is 9.73. The summed E-state index contributed by atoms with van der Waals surface area (Å²) in [4.78, 5) is 26.3. The molecule has 1 aromatic carbocycles. The molecule has 0 amide bonds. The molecule has 28 heavy (non-hydrogen) atoms. The van der Waals surface area contributed by atoms with Crippen LogP contribution in [0.3, 0.4) is 0 Å². The molecule has 0 radical (unpaired) electrons. The maximum absolute atomic E-state index is 15.2. The van der Waals surface area contributed by atoms with Gasteiger partial charge in [-0.1, -0.05) is 6.42 Å². The van der Waals surface area contributed by atoms with E-state index in [1.54, 1.807) is 6.92 Å². The highest BCUT2D eigenvalue weighted by atomic mass is 19.1. The number of rotatable bonds is 2. The van der Waals surface area contributed by atoms with E-state index in [0.29, 0.717) is 47.5 Å². The number of aromatic nitrogens is 1. The van der Waals surface area contributed by atoms with Crippen LogP contribution >= 0.6 is 0 Å². The van der Waals surface area contributed by atoms with Crippen molar-refractivity contribution in [1.82, 2.24) is 9.88 Å². The van der Waals surface area contributed by atoms with Gasteiger partial charge < -0.3 is 20.1 Å². The van der Waals surface area contributed by atoms with Crippen LogP contribution in [0.5, 0.6) is 5.75 Å². The average molecular weight is 387 g/mol. The van der Waals surface area contributed by atoms with E-state index in [1.165, 1.54) is 23.1 Å². The molecule has 1 aromatic heterocycles. The lowest BCUT2D eigenvalue weighted by molar-refractivity contribution is 0.0694. The molecule has 2 unspecified atom stereocenters. The van der Waals surface area contributed by atoms with Crippen molar-refractivity contribution in [2.45, 2.75) is 44.3 Å². The second-order valence-electron chi connectivity index (χ2n) is 8.07. The summed E-state index contributed by atoms with van der Waals surface area (Å²) in [6.45, 7) is 3.36. The van der Waals surface area contributed by atoms with Crippen molar-refractivity contribution in [3.63, 3.8) is 0 Å². The smallest absolute Gasteiger partial charge is 0.341 e. The molecule has 0 saturated carbocycles. The normalized spacial score (nSPS) is 26.2. The van der Waals surface area contributed by atoms with E-state index < -0.39 is 17.3 Å². The van der Waals surface area contributed by atoms with Crippen LogP contribution in [0, 0.1) is 5.82 Å². The Balaban J connectivity index is 1.74. The lowest BCUT2D eigenvalue weighted by Gasteiger charge is -2.44. The molecule has 5 rings (SSSR count). The van der Waals surface area contributed by atoms with Crippen LogP contribution in [0.25, 0.3) is 10.9 Å². The Morgan fingerprint density at radius 2 is 2.00 bits per heavy atom. The Morgan fingerprint density at radius 3 is 2.68 bits per heavy atom. The molecule has 2 bridgehead atoms. The van der Waals surface area contributed by atoms with Crippen molar-refractivity contribution in [1.29, 1.82) is 0 Å². The van der Waals surface area contributed by atoms with Gasteiger partial charge in [0.15, 0.2) is 11.6 Å². The summed E-state index contributed by atoms with van der Waals surface area (Å²) in [6, 6.07) is 2.88. The second kappa shape index (κ2) is 6.20. The number of carboxylic acid groups (broad SMARTS) is 1. The van der Waals surface area contributed by atoms with Crippen molar-refractivity contribution in [2.75, 3.05) is 24.6 Å². The van der Waals surface area contributed by atoms with Crippen LogP contribution in [0.4, 0.5) is 10.1 Å². The van der Waals surface area contributed by atoms with Crippen LogP contribution < -0.4 is 20.5 Å². The van der Waals surface area contributed by atoms with E-state index in [9.17, 15) is 14.7 Å². The Labute approximate surface area is 160 Å². The third kappa shape index (κ3) is 2.51. The number of piperidine rings is 1. The minimum atomic E-state index is -1.31. The maximum atomic E-state index is 15.2. The van der Waals surface area contributed by atoms with Crippen molar-refractivity contribution < 1.29 is 19.0 Å². The van der Waals surface area contributed by atoms with Crippen LogP contribution in [0.15, 0.2) is 16.9 Å². The highest BCUT2D eigenvalue weighted by molar-refractivity contribution is 5.97. The van der Waals surface area contributed by atoms with E-state index in [-0.39, 0.29) is 18.2 Å². The summed E-state index contributed by atoms with van der Waals surface area (Å²) >= 11 is 0. The van der Waals surface area contributed by atoms with E-state index in [1.807, 2.05) is 4.90 Å². The SMILES string of the molecule is C[C@H]1COc2c(N3CC4CCCC(C3)N4)c(F)cc3cc(C(=O)O)c(=O)n1c23. The third-order valence-corrected chi connectivity index (χ3v) is 6.12. The monoisotopic (exact) mass is 387 g/mol. The number of anilines is 1. The van der Waals surface area contributed by atoms with E-state index >= 15 is 4.39 Å². The summed E-state index contributed by atoms with van der Waals surface area (Å²) in [5.74, 6) is -1.41. The van der Waals surface area contributed by atoms with E-state index in [0.717, 1.165) is 12.8 Å². The largest absolute Gasteiger partial charge is 0.487 e. The molecule has 0 spiro atoms. The number of nitrogens with zero attached hydrogens (tertiary/aromatic N) is 2.